The van der Waals surface area contributed by atoms with Gasteiger partial charge < -0.3 is 4.42 Å². The molecular formula is C18H13Cl2N3O2S. The largest absolute Gasteiger partial charge is 0.411 e. The third-order valence-corrected chi connectivity index (χ3v) is 5.76. The molecular weight excluding hydrogens is 393 g/mol. The molecule has 0 radical (unpaired) electrons. The molecule has 0 aliphatic heterocycles. The molecule has 5 nitrogen and oxygen atoms in total. The third kappa shape index (κ3) is 3.77. The van der Waals surface area contributed by atoms with E-state index < -0.39 is 4.33 Å². The second kappa shape index (κ2) is 7.02. The lowest BCUT2D eigenvalue weighted by molar-refractivity contribution is 0.102. The minimum Gasteiger partial charge on any atom is -0.411 e. The van der Waals surface area contributed by atoms with E-state index >= 15 is 0 Å². The van der Waals surface area contributed by atoms with Gasteiger partial charge in [-0.05, 0) is 24.1 Å². The molecule has 1 aliphatic carbocycles. The smallest absolute Gasteiger partial charge is 0.277 e. The summed E-state index contributed by atoms with van der Waals surface area (Å²) in [6.07, 6.45) is 4.06. The predicted molar refractivity (Wildman–Crippen MR) is 101 cm³/mol. The summed E-state index contributed by atoms with van der Waals surface area (Å²) in [6, 6.07) is 11.0. The van der Waals surface area contributed by atoms with E-state index in [9.17, 15) is 4.79 Å². The lowest BCUT2D eigenvalue weighted by Crippen LogP contribution is -2.02. The maximum absolute atomic E-state index is 12.3. The molecule has 3 aromatic rings. The van der Waals surface area contributed by atoms with Crippen LogP contribution in [0, 0.1) is 0 Å². The van der Waals surface area contributed by atoms with Crippen LogP contribution >= 0.6 is 35.0 Å². The zero-order valence-electron chi connectivity index (χ0n) is 13.4. The number of carbonyl (C=O) groups excluding carboxylic acids is 1. The molecule has 0 saturated heterocycles. The number of alkyl halides is 2. The van der Waals surface area contributed by atoms with Crippen LogP contribution < -0.4 is 0 Å². The first-order chi connectivity index (χ1) is 12.5. The third-order valence-electron chi connectivity index (χ3n) is 4.10. The van der Waals surface area contributed by atoms with Crippen LogP contribution in [0.2, 0.25) is 0 Å². The SMILES string of the molecule is O=C(CSc1nnc(-c2cccnc2)o1)c1ccc(C2CC2(Cl)Cl)cc1. The van der Waals surface area contributed by atoms with Gasteiger partial charge in [0.2, 0.25) is 5.89 Å². The standard InChI is InChI=1S/C18H13Cl2N3O2S/c19-18(20)8-14(18)11-3-5-12(6-4-11)15(24)10-26-17-23-22-16(25-17)13-2-1-7-21-9-13/h1-7,9,14H,8,10H2. The van der Waals surface area contributed by atoms with Gasteiger partial charge in [0.15, 0.2) is 5.78 Å². The van der Waals surface area contributed by atoms with Gasteiger partial charge in [-0.3, -0.25) is 9.78 Å². The van der Waals surface area contributed by atoms with E-state index in [1.54, 1.807) is 30.6 Å². The van der Waals surface area contributed by atoms with Gasteiger partial charge >= 0.3 is 0 Å². The first-order valence-corrected chi connectivity index (χ1v) is 9.65. The van der Waals surface area contributed by atoms with E-state index in [0.717, 1.165) is 17.5 Å². The molecule has 1 unspecified atom stereocenters. The summed E-state index contributed by atoms with van der Waals surface area (Å²) in [5.41, 5.74) is 2.42. The molecule has 4 rings (SSSR count). The lowest BCUT2D eigenvalue weighted by atomic mass is 10.1. The number of nitrogens with zero attached hydrogens (tertiary/aromatic N) is 3. The first-order valence-electron chi connectivity index (χ1n) is 7.90. The highest BCUT2D eigenvalue weighted by molar-refractivity contribution is 7.99. The van der Waals surface area contributed by atoms with Crippen LogP contribution in [-0.4, -0.2) is 31.1 Å². The molecule has 1 atom stereocenters. The van der Waals surface area contributed by atoms with E-state index in [4.69, 9.17) is 27.6 Å². The van der Waals surface area contributed by atoms with E-state index in [1.807, 2.05) is 18.2 Å². The molecule has 0 amide bonds. The Balaban J connectivity index is 1.36. The molecule has 26 heavy (non-hydrogen) atoms. The number of Topliss-reactive ketones (excluding diaryl/α,β-unsaturated/α-hetero) is 1. The van der Waals surface area contributed by atoms with E-state index in [2.05, 4.69) is 15.2 Å². The topological polar surface area (TPSA) is 68.9 Å². The molecule has 1 aliphatic rings. The second-order valence-electron chi connectivity index (χ2n) is 5.97. The number of carbonyl (C=O) groups is 1. The van der Waals surface area contributed by atoms with Crippen LogP contribution in [0.1, 0.15) is 28.3 Å². The van der Waals surface area contributed by atoms with Crippen LogP contribution in [-0.2, 0) is 0 Å². The Morgan fingerprint density at radius 1 is 1.23 bits per heavy atom. The summed E-state index contributed by atoms with van der Waals surface area (Å²) >= 11 is 13.4. The number of hydrogen-bond acceptors (Lipinski definition) is 6. The van der Waals surface area contributed by atoms with Gasteiger partial charge in [-0.1, -0.05) is 36.0 Å². The van der Waals surface area contributed by atoms with Crippen LogP contribution in [0.25, 0.3) is 11.5 Å². The number of rotatable bonds is 6. The molecule has 0 spiro atoms. The van der Waals surface area contributed by atoms with Crippen molar-refractivity contribution in [1.29, 1.82) is 0 Å². The molecule has 1 fully saturated rings. The monoisotopic (exact) mass is 405 g/mol. The maximum atomic E-state index is 12.3. The van der Waals surface area contributed by atoms with Crippen molar-refractivity contribution in [1.82, 2.24) is 15.2 Å². The molecule has 132 valence electrons. The summed E-state index contributed by atoms with van der Waals surface area (Å²) < 4.78 is 4.90. The van der Waals surface area contributed by atoms with Crippen molar-refractivity contribution in [3.05, 3.63) is 59.9 Å². The van der Waals surface area contributed by atoms with Gasteiger partial charge in [0.25, 0.3) is 5.22 Å². The molecule has 2 aromatic heterocycles. The number of benzene rings is 1. The Kier molecular flexibility index (Phi) is 4.73. The van der Waals surface area contributed by atoms with Crippen LogP contribution in [0.3, 0.4) is 0 Å². The molecule has 0 bridgehead atoms. The van der Waals surface area contributed by atoms with Gasteiger partial charge in [0, 0.05) is 23.9 Å². The van der Waals surface area contributed by atoms with Gasteiger partial charge in [0.05, 0.1) is 11.3 Å². The van der Waals surface area contributed by atoms with Gasteiger partial charge in [-0.2, -0.15) is 0 Å². The molecule has 1 aromatic carbocycles. The van der Waals surface area contributed by atoms with Crippen LogP contribution in [0.4, 0.5) is 0 Å². The highest BCUT2D eigenvalue weighted by atomic mass is 35.5. The summed E-state index contributed by atoms with van der Waals surface area (Å²) in [7, 11) is 0. The number of halogens is 2. The van der Waals surface area contributed by atoms with Crippen molar-refractivity contribution < 1.29 is 9.21 Å². The molecule has 8 heteroatoms. The zero-order chi connectivity index (χ0) is 18.1. The fraction of sp³-hybridized carbons (Fsp3) is 0.222. The normalized spacial score (nSPS) is 17.8. The second-order valence-corrected chi connectivity index (χ2v) is 8.44. The van der Waals surface area contributed by atoms with Crippen LogP contribution in [0.15, 0.2) is 58.4 Å². The summed E-state index contributed by atoms with van der Waals surface area (Å²) in [6.45, 7) is 0. The van der Waals surface area contributed by atoms with Crippen molar-refractivity contribution in [2.75, 3.05) is 5.75 Å². The van der Waals surface area contributed by atoms with E-state index in [-0.39, 0.29) is 17.5 Å². The number of pyridine rings is 1. The van der Waals surface area contributed by atoms with Crippen LogP contribution in [0.5, 0.6) is 0 Å². The van der Waals surface area contributed by atoms with Crippen molar-refractivity contribution in [2.24, 2.45) is 0 Å². The van der Waals surface area contributed by atoms with E-state index in [0.29, 0.717) is 16.7 Å². The lowest BCUT2D eigenvalue weighted by Gasteiger charge is -2.03. The van der Waals surface area contributed by atoms with Crippen molar-refractivity contribution in [2.45, 2.75) is 21.9 Å². The average molecular weight is 406 g/mol. The number of ketones is 1. The van der Waals surface area contributed by atoms with Gasteiger partial charge in [-0.25, -0.2) is 0 Å². The van der Waals surface area contributed by atoms with Crippen molar-refractivity contribution in [3.8, 4) is 11.5 Å². The zero-order valence-corrected chi connectivity index (χ0v) is 15.8. The minimum atomic E-state index is -0.661. The Hall–Kier alpha value is -1.89. The quantitative estimate of drug-likeness (QED) is 0.334. The predicted octanol–water partition coefficient (Wildman–Crippen LogP) is 4.77. The van der Waals surface area contributed by atoms with Crippen molar-refractivity contribution >= 4 is 40.7 Å². The fourth-order valence-electron chi connectivity index (χ4n) is 2.56. The highest BCUT2D eigenvalue weighted by Gasteiger charge is 2.52. The minimum absolute atomic E-state index is 0.0125. The molecule has 1 saturated carbocycles. The van der Waals surface area contributed by atoms with Gasteiger partial charge in [-0.15, -0.1) is 33.4 Å². The summed E-state index contributed by atoms with van der Waals surface area (Å²) in [5, 5.41) is 8.28. The number of aromatic nitrogens is 3. The Morgan fingerprint density at radius 3 is 2.65 bits per heavy atom. The Labute approximate surface area is 164 Å². The average Bonchev–Trinajstić information content (AvgIpc) is 3.07. The van der Waals surface area contributed by atoms with Gasteiger partial charge in [0.1, 0.15) is 4.33 Å². The molecule has 0 N–H and O–H groups in total. The Bertz CT molecular complexity index is 929. The summed E-state index contributed by atoms with van der Waals surface area (Å²) in [4.78, 5) is 16.4. The summed E-state index contributed by atoms with van der Waals surface area (Å²) in [5.74, 6) is 0.731. The Morgan fingerprint density at radius 2 is 2.00 bits per heavy atom. The number of hydrogen-bond donors (Lipinski definition) is 0. The maximum Gasteiger partial charge on any atom is 0.277 e. The van der Waals surface area contributed by atoms with E-state index in [1.165, 1.54) is 11.8 Å². The fourth-order valence-corrected chi connectivity index (χ4v) is 3.78. The number of thioether (sulfide) groups is 1. The van der Waals surface area contributed by atoms with Crippen molar-refractivity contribution in [3.63, 3.8) is 0 Å². The first kappa shape index (κ1) is 17.5. The highest BCUT2D eigenvalue weighted by Crippen LogP contribution is 2.59. The molecule has 2 heterocycles.